The van der Waals surface area contributed by atoms with Gasteiger partial charge in [-0.15, -0.1) is 0 Å². The van der Waals surface area contributed by atoms with E-state index in [0.717, 1.165) is 25.9 Å². The van der Waals surface area contributed by atoms with Crippen LogP contribution in [0.4, 0.5) is 11.4 Å². The zero-order valence-electron chi connectivity index (χ0n) is 14.0. The lowest BCUT2D eigenvalue weighted by molar-refractivity contribution is -0.123. The number of carbonyl (C=O) groups excluding carboxylic acids is 3. The molecule has 1 aromatic rings. The molecule has 0 aliphatic carbocycles. The fourth-order valence-electron chi connectivity index (χ4n) is 3.48. The van der Waals surface area contributed by atoms with Gasteiger partial charge in [0.25, 0.3) is 5.91 Å². The van der Waals surface area contributed by atoms with Crippen LogP contribution < -0.4 is 10.2 Å². The highest BCUT2D eigenvalue weighted by atomic mass is 16.2. The van der Waals surface area contributed by atoms with Crippen LogP contribution in [0.1, 0.15) is 39.0 Å². The molecule has 2 aliphatic rings. The Kier molecular flexibility index (Phi) is 4.94. The predicted molar refractivity (Wildman–Crippen MR) is 91.7 cm³/mol. The monoisotopic (exact) mass is 329 g/mol. The Balaban J connectivity index is 1.75. The van der Waals surface area contributed by atoms with Crippen molar-refractivity contribution in [2.75, 3.05) is 23.3 Å². The maximum atomic E-state index is 12.8. The fraction of sp³-hybridized carbons (Fsp3) is 0.500. The van der Waals surface area contributed by atoms with Crippen LogP contribution in [0, 0.1) is 0 Å². The van der Waals surface area contributed by atoms with E-state index in [0.29, 0.717) is 11.4 Å². The number of rotatable bonds is 3. The Hall–Kier alpha value is -2.21. The molecule has 0 saturated carbocycles. The first-order valence-corrected chi connectivity index (χ1v) is 8.55. The summed E-state index contributed by atoms with van der Waals surface area (Å²) in [5.74, 6) is -0.437. The van der Waals surface area contributed by atoms with Crippen LogP contribution in [0.2, 0.25) is 0 Å². The molecule has 3 rings (SSSR count). The van der Waals surface area contributed by atoms with Crippen LogP contribution in [0.5, 0.6) is 0 Å². The third-order valence-corrected chi connectivity index (χ3v) is 4.65. The van der Waals surface area contributed by atoms with Gasteiger partial charge in [0, 0.05) is 12.6 Å². The molecule has 6 nitrogen and oxygen atoms in total. The Bertz CT molecular complexity index is 633. The van der Waals surface area contributed by atoms with Crippen LogP contribution in [0.15, 0.2) is 24.3 Å². The van der Waals surface area contributed by atoms with E-state index >= 15 is 0 Å². The molecule has 3 amide bonds. The highest BCUT2D eigenvalue weighted by Gasteiger charge is 2.42. The van der Waals surface area contributed by atoms with Gasteiger partial charge in [-0.1, -0.05) is 12.8 Å². The second kappa shape index (κ2) is 7.13. The number of imide groups is 1. The summed E-state index contributed by atoms with van der Waals surface area (Å²) < 4.78 is 0. The van der Waals surface area contributed by atoms with Gasteiger partial charge in [0.05, 0.1) is 18.2 Å². The van der Waals surface area contributed by atoms with Gasteiger partial charge in [-0.2, -0.15) is 0 Å². The maximum absolute atomic E-state index is 12.8. The van der Waals surface area contributed by atoms with E-state index in [1.807, 2.05) is 0 Å². The second-order valence-electron chi connectivity index (χ2n) is 6.47. The largest absolute Gasteiger partial charge is 0.326 e. The third kappa shape index (κ3) is 3.48. The van der Waals surface area contributed by atoms with Crippen molar-refractivity contribution in [1.29, 1.82) is 0 Å². The van der Waals surface area contributed by atoms with Crippen molar-refractivity contribution in [3.63, 3.8) is 0 Å². The summed E-state index contributed by atoms with van der Waals surface area (Å²) in [7, 11) is 0. The number of carbonyl (C=O) groups is 3. The van der Waals surface area contributed by atoms with E-state index in [4.69, 9.17) is 0 Å². The number of hydrogen-bond acceptors (Lipinski definition) is 4. The molecule has 1 N–H and O–H groups in total. The molecular weight excluding hydrogens is 306 g/mol. The molecule has 0 spiro atoms. The first-order chi connectivity index (χ1) is 11.6. The van der Waals surface area contributed by atoms with Crippen molar-refractivity contribution in [2.24, 2.45) is 0 Å². The van der Waals surface area contributed by atoms with E-state index < -0.39 is 0 Å². The highest BCUT2D eigenvalue weighted by Crippen LogP contribution is 2.28. The minimum absolute atomic E-state index is 0.130. The predicted octanol–water partition coefficient (Wildman–Crippen LogP) is 2.15. The van der Waals surface area contributed by atoms with Gasteiger partial charge in [-0.05, 0) is 50.2 Å². The summed E-state index contributed by atoms with van der Waals surface area (Å²) in [5, 5.41) is 2.68. The summed E-state index contributed by atoms with van der Waals surface area (Å²) in [6.07, 6.45) is 4.82. The number of anilines is 2. The normalized spacial score (nSPS) is 22.5. The fourth-order valence-corrected chi connectivity index (χ4v) is 3.48. The molecule has 0 aromatic heterocycles. The summed E-state index contributed by atoms with van der Waals surface area (Å²) in [4.78, 5) is 39.7. The molecule has 2 saturated heterocycles. The average Bonchev–Trinajstić information content (AvgIpc) is 2.73. The molecule has 2 aliphatic heterocycles. The summed E-state index contributed by atoms with van der Waals surface area (Å²) in [5.41, 5.74) is 1.21. The SMILES string of the molecule is CC(=O)Nc1ccc(N2C(=O)C[C@@H](N3CCCCCC3)C2=O)cc1. The second-order valence-corrected chi connectivity index (χ2v) is 6.47. The van der Waals surface area contributed by atoms with Gasteiger partial charge in [0.15, 0.2) is 0 Å². The molecule has 2 fully saturated rings. The van der Waals surface area contributed by atoms with Crippen molar-refractivity contribution in [3.8, 4) is 0 Å². The minimum atomic E-state index is -0.328. The lowest BCUT2D eigenvalue weighted by Gasteiger charge is -2.25. The van der Waals surface area contributed by atoms with Crippen LogP contribution in [-0.4, -0.2) is 41.8 Å². The molecule has 128 valence electrons. The zero-order valence-corrected chi connectivity index (χ0v) is 14.0. The number of nitrogens with one attached hydrogen (secondary N) is 1. The lowest BCUT2D eigenvalue weighted by Crippen LogP contribution is -2.42. The van der Waals surface area contributed by atoms with Crippen molar-refractivity contribution in [1.82, 2.24) is 4.90 Å². The Labute approximate surface area is 141 Å². The van der Waals surface area contributed by atoms with Gasteiger partial charge in [-0.3, -0.25) is 19.3 Å². The summed E-state index contributed by atoms with van der Waals surface area (Å²) >= 11 is 0. The lowest BCUT2D eigenvalue weighted by atomic mass is 10.2. The molecule has 0 radical (unpaired) electrons. The van der Waals surface area contributed by atoms with Gasteiger partial charge >= 0.3 is 0 Å². The van der Waals surface area contributed by atoms with Gasteiger partial charge in [0.1, 0.15) is 0 Å². The van der Waals surface area contributed by atoms with Crippen molar-refractivity contribution >= 4 is 29.1 Å². The Morgan fingerprint density at radius 1 is 1.04 bits per heavy atom. The molecule has 0 bridgehead atoms. The van der Waals surface area contributed by atoms with Gasteiger partial charge in [0.2, 0.25) is 11.8 Å². The number of amides is 3. The van der Waals surface area contributed by atoms with Crippen LogP contribution in [0.3, 0.4) is 0 Å². The van der Waals surface area contributed by atoms with E-state index in [1.165, 1.54) is 24.7 Å². The van der Waals surface area contributed by atoms with E-state index in [2.05, 4.69) is 10.2 Å². The van der Waals surface area contributed by atoms with Crippen LogP contribution in [0.25, 0.3) is 0 Å². The van der Waals surface area contributed by atoms with E-state index in [-0.39, 0.29) is 30.2 Å². The molecule has 0 unspecified atom stereocenters. The van der Waals surface area contributed by atoms with Crippen molar-refractivity contribution in [2.45, 2.75) is 45.1 Å². The number of nitrogens with zero attached hydrogens (tertiary/aromatic N) is 2. The Morgan fingerprint density at radius 3 is 2.25 bits per heavy atom. The first kappa shape index (κ1) is 16.6. The molecule has 1 atom stereocenters. The van der Waals surface area contributed by atoms with Crippen molar-refractivity contribution < 1.29 is 14.4 Å². The summed E-state index contributed by atoms with van der Waals surface area (Å²) in [6, 6.07) is 6.48. The summed E-state index contributed by atoms with van der Waals surface area (Å²) in [6.45, 7) is 3.21. The molecular formula is C18H23N3O3. The quantitative estimate of drug-likeness (QED) is 0.863. The zero-order chi connectivity index (χ0) is 17.1. The standard InChI is InChI=1S/C18H23N3O3/c1-13(22)19-14-6-8-15(9-7-14)21-17(23)12-16(18(21)24)20-10-4-2-3-5-11-20/h6-9,16H,2-5,10-12H2,1H3,(H,19,22)/t16-/m1/s1. The third-order valence-electron chi connectivity index (χ3n) is 4.65. The van der Waals surface area contributed by atoms with Crippen LogP contribution in [-0.2, 0) is 14.4 Å². The van der Waals surface area contributed by atoms with Crippen LogP contribution >= 0.6 is 0 Å². The average molecular weight is 329 g/mol. The van der Waals surface area contributed by atoms with E-state index in [9.17, 15) is 14.4 Å². The number of benzene rings is 1. The molecule has 24 heavy (non-hydrogen) atoms. The van der Waals surface area contributed by atoms with E-state index in [1.54, 1.807) is 24.3 Å². The molecule has 6 heteroatoms. The first-order valence-electron chi connectivity index (χ1n) is 8.55. The van der Waals surface area contributed by atoms with Crippen molar-refractivity contribution in [3.05, 3.63) is 24.3 Å². The maximum Gasteiger partial charge on any atom is 0.251 e. The van der Waals surface area contributed by atoms with Gasteiger partial charge in [-0.25, -0.2) is 4.90 Å². The highest BCUT2D eigenvalue weighted by molar-refractivity contribution is 6.22. The smallest absolute Gasteiger partial charge is 0.251 e. The Morgan fingerprint density at radius 2 is 1.67 bits per heavy atom. The molecule has 2 heterocycles. The topological polar surface area (TPSA) is 69.7 Å². The minimum Gasteiger partial charge on any atom is -0.326 e. The number of likely N-dealkylation sites (tertiary alicyclic amines) is 1. The molecule has 1 aromatic carbocycles. The van der Waals surface area contributed by atoms with Gasteiger partial charge < -0.3 is 5.32 Å². The number of hydrogen-bond donors (Lipinski definition) is 1.